The number of aryl methyl sites for hydroxylation is 1. The molecule has 26 heavy (non-hydrogen) atoms. The number of methoxy groups -OCH3 is 1. The van der Waals surface area contributed by atoms with Crippen LogP contribution in [0.25, 0.3) is 0 Å². The highest BCUT2D eigenvalue weighted by molar-refractivity contribution is 7.88. The van der Waals surface area contributed by atoms with E-state index in [0.717, 1.165) is 42.6 Å². The summed E-state index contributed by atoms with van der Waals surface area (Å²) in [6.07, 6.45) is 4.27. The van der Waals surface area contributed by atoms with E-state index in [1.807, 2.05) is 43.3 Å². The largest absolute Gasteiger partial charge is 0.497 e. The van der Waals surface area contributed by atoms with E-state index >= 15 is 0 Å². The number of rotatable bonds is 7. The first-order valence-corrected chi connectivity index (χ1v) is 10.8. The van der Waals surface area contributed by atoms with Crippen LogP contribution < -0.4 is 9.46 Å². The molecule has 4 nitrogen and oxygen atoms in total. The molecule has 0 saturated heterocycles. The minimum absolute atomic E-state index is 0.0212. The molecular formula is C21H27NO3S. The Morgan fingerprint density at radius 3 is 2.38 bits per heavy atom. The summed E-state index contributed by atoms with van der Waals surface area (Å²) >= 11 is 0. The first kappa shape index (κ1) is 18.9. The zero-order valence-corrected chi connectivity index (χ0v) is 16.3. The van der Waals surface area contributed by atoms with Gasteiger partial charge in [0.1, 0.15) is 5.75 Å². The molecule has 0 spiro atoms. The Morgan fingerprint density at radius 1 is 1.08 bits per heavy atom. The maximum atomic E-state index is 12.6. The molecule has 1 fully saturated rings. The van der Waals surface area contributed by atoms with E-state index in [9.17, 15) is 8.42 Å². The van der Waals surface area contributed by atoms with E-state index in [4.69, 9.17) is 4.74 Å². The molecule has 1 aliphatic carbocycles. The van der Waals surface area contributed by atoms with Crippen LogP contribution in [0.1, 0.15) is 42.4 Å². The number of sulfonamides is 1. The highest BCUT2D eigenvalue weighted by Gasteiger charge is 2.36. The lowest BCUT2D eigenvalue weighted by molar-refractivity contribution is 0.410. The predicted molar refractivity (Wildman–Crippen MR) is 105 cm³/mol. The Balaban J connectivity index is 1.73. The van der Waals surface area contributed by atoms with Gasteiger partial charge in [0.25, 0.3) is 0 Å². The summed E-state index contributed by atoms with van der Waals surface area (Å²) in [7, 11) is -1.72. The molecule has 1 N–H and O–H groups in total. The van der Waals surface area contributed by atoms with Crippen LogP contribution in [0, 0.1) is 6.92 Å². The van der Waals surface area contributed by atoms with Gasteiger partial charge in [-0.05, 0) is 43.0 Å². The van der Waals surface area contributed by atoms with Crippen LogP contribution in [0.2, 0.25) is 0 Å². The van der Waals surface area contributed by atoms with Gasteiger partial charge in [0.15, 0.2) is 0 Å². The lowest BCUT2D eigenvalue weighted by Crippen LogP contribution is -2.39. The molecule has 0 amide bonds. The maximum absolute atomic E-state index is 12.6. The van der Waals surface area contributed by atoms with Crippen molar-refractivity contribution in [1.29, 1.82) is 0 Å². The van der Waals surface area contributed by atoms with Crippen molar-refractivity contribution in [2.75, 3.05) is 13.7 Å². The molecule has 0 unspecified atom stereocenters. The van der Waals surface area contributed by atoms with E-state index < -0.39 is 10.0 Å². The third-order valence-corrected chi connectivity index (χ3v) is 6.63. The average molecular weight is 374 g/mol. The van der Waals surface area contributed by atoms with Crippen LogP contribution in [-0.4, -0.2) is 22.1 Å². The minimum Gasteiger partial charge on any atom is -0.497 e. The third-order valence-electron chi connectivity index (χ3n) is 5.33. The van der Waals surface area contributed by atoms with Gasteiger partial charge in [0.05, 0.1) is 12.9 Å². The van der Waals surface area contributed by atoms with Gasteiger partial charge in [0.2, 0.25) is 10.0 Å². The molecule has 2 aromatic rings. The van der Waals surface area contributed by atoms with Crippen LogP contribution in [0.15, 0.2) is 48.5 Å². The fourth-order valence-corrected chi connectivity index (χ4v) is 5.10. The van der Waals surface area contributed by atoms with Crippen LogP contribution in [0.5, 0.6) is 5.75 Å². The van der Waals surface area contributed by atoms with E-state index in [-0.39, 0.29) is 11.2 Å². The molecule has 0 heterocycles. The Bertz CT molecular complexity index is 838. The smallest absolute Gasteiger partial charge is 0.215 e. The van der Waals surface area contributed by atoms with Crippen molar-refractivity contribution in [3.8, 4) is 5.75 Å². The Kier molecular flexibility index (Phi) is 5.68. The molecule has 0 aliphatic heterocycles. The first-order chi connectivity index (χ1) is 12.4. The van der Waals surface area contributed by atoms with Crippen LogP contribution >= 0.6 is 0 Å². The molecule has 2 aromatic carbocycles. The molecule has 1 saturated carbocycles. The lowest BCUT2D eigenvalue weighted by Gasteiger charge is -2.30. The highest BCUT2D eigenvalue weighted by atomic mass is 32.2. The molecule has 0 atom stereocenters. The Morgan fingerprint density at radius 2 is 1.77 bits per heavy atom. The van der Waals surface area contributed by atoms with Gasteiger partial charge >= 0.3 is 0 Å². The summed E-state index contributed by atoms with van der Waals surface area (Å²) in [5.74, 6) is 0.842. The molecule has 0 aromatic heterocycles. The predicted octanol–water partition coefficient (Wildman–Crippen LogP) is 3.94. The van der Waals surface area contributed by atoms with Gasteiger partial charge in [-0.15, -0.1) is 0 Å². The van der Waals surface area contributed by atoms with Gasteiger partial charge < -0.3 is 4.74 Å². The highest BCUT2D eigenvalue weighted by Crippen LogP contribution is 2.41. The molecule has 3 rings (SSSR count). The summed E-state index contributed by atoms with van der Waals surface area (Å²) < 4.78 is 33.3. The van der Waals surface area contributed by atoms with Gasteiger partial charge in [0, 0.05) is 12.0 Å². The van der Waals surface area contributed by atoms with Crippen molar-refractivity contribution in [3.63, 3.8) is 0 Å². The fourth-order valence-electron chi connectivity index (χ4n) is 3.88. The van der Waals surface area contributed by atoms with E-state index in [1.165, 1.54) is 5.56 Å². The Labute approximate surface area is 156 Å². The van der Waals surface area contributed by atoms with E-state index in [2.05, 4.69) is 16.9 Å². The van der Waals surface area contributed by atoms with Crippen molar-refractivity contribution >= 4 is 10.0 Å². The van der Waals surface area contributed by atoms with Gasteiger partial charge in [-0.2, -0.15) is 0 Å². The monoisotopic (exact) mass is 373 g/mol. The van der Waals surface area contributed by atoms with Crippen molar-refractivity contribution in [2.24, 2.45) is 0 Å². The number of hydrogen-bond acceptors (Lipinski definition) is 3. The van der Waals surface area contributed by atoms with Crippen molar-refractivity contribution in [3.05, 3.63) is 65.2 Å². The topological polar surface area (TPSA) is 55.4 Å². The fraction of sp³-hybridized carbons (Fsp3) is 0.429. The van der Waals surface area contributed by atoms with Crippen LogP contribution in [0.3, 0.4) is 0 Å². The number of benzene rings is 2. The molecule has 140 valence electrons. The second kappa shape index (κ2) is 7.80. The first-order valence-electron chi connectivity index (χ1n) is 9.10. The zero-order chi connectivity index (χ0) is 18.6. The summed E-state index contributed by atoms with van der Waals surface area (Å²) in [6.45, 7) is 2.42. The molecule has 5 heteroatoms. The van der Waals surface area contributed by atoms with Crippen LogP contribution in [-0.2, 0) is 21.2 Å². The number of hydrogen-bond donors (Lipinski definition) is 1. The quantitative estimate of drug-likeness (QED) is 0.800. The normalized spacial score (nSPS) is 16.5. The molecule has 1 aliphatic rings. The second-order valence-electron chi connectivity index (χ2n) is 7.29. The van der Waals surface area contributed by atoms with Crippen molar-refractivity contribution in [2.45, 2.75) is 43.8 Å². The second-order valence-corrected chi connectivity index (χ2v) is 9.09. The molecule has 0 bridgehead atoms. The zero-order valence-electron chi connectivity index (χ0n) is 15.5. The van der Waals surface area contributed by atoms with E-state index in [0.29, 0.717) is 6.54 Å². The summed E-state index contributed by atoms with van der Waals surface area (Å²) in [5, 5.41) is 0. The van der Waals surface area contributed by atoms with Gasteiger partial charge in [-0.25, -0.2) is 13.1 Å². The molecular weight excluding hydrogens is 346 g/mol. The standard InChI is InChI=1S/C21H27NO3S/c1-17-6-5-7-18(14-17)15-26(23,24)22-16-21(12-3-4-13-21)19-8-10-20(25-2)11-9-19/h5-11,14,22H,3-4,12-13,15-16H2,1-2H3. The summed E-state index contributed by atoms with van der Waals surface area (Å²) in [6, 6.07) is 15.7. The minimum atomic E-state index is -3.37. The SMILES string of the molecule is COc1ccc(C2(CNS(=O)(=O)Cc3cccc(C)c3)CCCC2)cc1. The van der Waals surface area contributed by atoms with Gasteiger partial charge in [-0.1, -0.05) is 54.8 Å². The summed E-state index contributed by atoms with van der Waals surface area (Å²) in [5.41, 5.74) is 2.96. The number of nitrogens with one attached hydrogen (secondary N) is 1. The van der Waals surface area contributed by atoms with Gasteiger partial charge in [-0.3, -0.25) is 0 Å². The van der Waals surface area contributed by atoms with Crippen molar-refractivity contribution in [1.82, 2.24) is 4.72 Å². The molecule has 0 radical (unpaired) electrons. The Hall–Kier alpha value is -1.85. The third kappa shape index (κ3) is 4.46. The lowest BCUT2D eigenvalue weighted by atomic mass is 9.79. The average Bonchev–Trinajstić information content (AvgIpc) is 3.10. The van der Waals surface area contributed by atoms with Crippen molar-refractivity contribution < 1.29 is 13.2 Å². The summed E-state index contributed by atoms with van der Waals surface area (Å²) in [4.78, 5) is 0. The number of ether oxygens (including phenoxy) is 1. The van der Waals surface area contributed by atoms with E-state index in [1.54, 1.807) is 7.11 Å². The maximum Gasteiger partial charge on any atom is 0.215 e. The van der Waals surface area contributed by atoms with Crippen LogP contribution in [0.4, 0.5) is 0 Å².